The molecule has 1 aromatic heterocycles. The topological polar surface area (TPSA) is 89.5 Å². The number of benzene rings is 2. The quantitative estimate of drug-likeness (QED) is 0.524. The highest BCUT2D eigenvalue weighted by molar-refractivity contribution is 7.14. The van der Waals surface area contributed by atoms with Crippen molar-refractivity contribution in [1.29, 1.82) is 0 Å². The number of anilines is 1. The number of halogens is 1. The molecule has 2 amide bonds. The normalized spacial score (nSPS) is 10.7. The Hall–Kier alpha value is -3.36. The van der Waals surface area contributed by atoms with Gasteiger partial charge in [-0.05, 0) is 35.9 Å². The monoisotopic (exact) mass is 457 g/mol. The Labute approximate surface area is 188 Å². The standard InChI is InChI=1S/C22H20ClN3O4S/c1-24-22(28)19-12-25-21(31-19)10-8-14-7-9-17(18(11-14)29-2)30-13-20(27)26-16-6-4-3-5-15(16)23/h3-12H,13H2,1-2H3,(H,24,28)(H,26,27)/b10-8+. The predicted molar refractivity (Wildman–Crippen MR) is 123 cm³/mol. The van der Waals surface area contributed by atoms with Gasteiger partial charge in [0.15, 0.2) is 18.1 Å². The van der Waals surface area contributed by atoms with E-state index in [2.05, 4.69) is 15.6 Å². The fraction of sp³-hybridized carbons (Fsp3) is 0.136. The SMILES string of the molecule is CNC(=O)c1cnc(/C=C/c2ccc(OCC(=O)Nc3ccccc3Cl)c(OC)c2)s1. The number of carbonyl (C=O) groups is 2. The fourth-order valence-electron chi connectivity index (χ4n) is 2.56. The van der Waals surface area contributed by atoms with Crippen molar-refractivity contribution in [2.45, 2.75) is 0 Å². The molecule has 0 aliphatic rings. The van der Waals surface area contributed by atoms with E-state index in [1.54, 1.807) is 43.4 Å². The van der Waals surface area contributed by atoms with Crippen molar-refractivity contribution in [3.63, 3.8) is 0 Å². The van der Waals surface area contributed by atoms with Gasteiger partial charge in [0, 0.05) is 7.05 Å². The minimum absolute atomic E-state index is 0.168. The molecule has 0 unspecified atom stereocenters. The zero-order chi connectivity index (χ0) is 22.2. The maximum absolute atomic E-state index is 12.2. The van der Waals surface area contributed by atoms with E-state index in [0.717, 1.165) is 5.56 Å². The third-order valence-electron chi connectivity index (χ3n) is 4.09. The van der Waals surface area contributed by atoms with Crippen LogP contribution in [0.2, 0.25) is 5.02 Å². The molecular formula is C22H20ClN3O4S. The summed E-state index contributed by atoms with van der Waals surface area (Å²) in [5, 5.41) is 6.42. The third kappa shape index (κ3) is 6.07. The number of para-hydroxylation sites is 1. The molecule has 1 heterocycles. The van der Waals surface area contributed by atoms with Crippen molar-refractivity contribution in [3.8, 4) is 11.5 Å². The van der Waals surface area contributed by atoms with Crippen molar-refractivity contribution in [3.05, 3.63) is 69.1 Å². The summed E-state index contributed by atoms with van der Waals surface area (Å²) in [7, 11) is 3.10. The molecule has 0 fully saturated rings. The van der Waals surface area contributed by atoms with Gasteiger partial charge >= 0.3 is 0 Å². The lowest BCUT2D eigenvalue weighted by Gasteiger charge is -2.12. The number of amides is 2. The number of hydrogen-bond acceptors (Lipinski definition) is 6. The highest BCUT2D eigenvalue weighted by atomic mass is 35.5. The first-order valence-electron chi connectivity index (χ1n) is 9.21. The van der Waals surface area contributed by atoms with Gasteiger partial charge < -0.3 is 20.1 Å². The molecule has 2 aromatic carbocycles. The smallest absolute Gasteiger partial charge is 0.262 e. The van der Waals surface area contributed by atoms with Crippen LogP contribution in [0.5, 0.6) is 11.5 Å². The lowest BCUT2D eigenvalue weighted by molar-refractivity contribution is -0.118. The second kappa shape index (κ2) is 10.6. The fourth-order valence-corrected chi connectivity index (χ4v) is 3.51. The van der Waals surface area contributed by atoms with E-state index in [0.29, 0.717) is 32.1 Å². The molecule has 3 rings (SSSR count). The van der Waals surface area contributed by atoms with Gasteiger partial charge in [-0.25, -0.2) is 4.98 Å². The number of ether oxygens (including phenoxy) is 2. The Morgan fingerprint density at radius 2 is 1.97 bits per heavy atom. The summed E-state index contributed by atoms with van der Waals surface area (Å²) in [5.74, 6) is 0.414. The van der Waals surface area contributed by atoms with Crippen molar-refractivity contribution in [1.82, 2.24) is 10.3 Å². The summed E-state index contributed by atoms with van der Waals surface area (Å²) >= 11 is 7.33. The van der Waals surface area contributed by atoms with E-state index < -0.39 is 0 Å². The number of carbonyl (C=O) groups excluding carboxylic acids is 2. The van der Waals surface area contributed by atoms with Crippen LogP contribution in [0.15, 0.2) is 48.7 Å². The van der Waals surface area contributed by atoms with E-state index in [4.69, 9.17) is 21.1 Å². The Kier molecular flexibility index (Phi) is 7.64. The summed E-state index contributed by atoms with van der Waals surface area (Å²) in [6, 6.07) is 12.3. The molecule has 0 spiro atoms. The first-order valence-corrected chi connectivity index (χ1v) is 10.4. The molecule has 0 bridgehead atoms. The van der Waals surface area contributed by atoms with Crippen molar-refractivity contribution >= 4 is 52.6 Å². The Bertz CT molecular complexity index is 1110. The van der Waals surface area contributed by atoms with Crippen LogP contribution in [-0.4, -0.2) is 37.6 Å². The highest BCUT2D eigenvalue weighted by Crippen LogP contribution is 2.29. The molecule has 3 aromatic rings. The van der Waals surface area contributed by atoms with Gasteiger partial charge in [0.1, 0.15) is 9.88 Å². The van der Waals surface area contributed by atoms with Crippen LogP contribution in [-0.2, 0) is 4.79 Å². The highest BCUT2D eigenvalue weighted by Gasteiger charge is 2.10. The average Bonchev–Trinajstić information content (AvgIpc) is 3.26. The van der Waals surface area contributed by atoms with Gasteiger partial charge in [0.25, 0.3) is 11.8 Å². The van der Waals surface area contributed by atoms with Crippen LogP contribution in [0.3, 0.4) is 0 Å². The first kappa shape index (κ1) is 22.3. The second-order valence-electron chi connectivity index (χ2n) is 6.20. The van der Waals surface area contributed by atoms with Gasteiger partial charge in [-0.2, -0.15) is 0 Å². The van der Waals surface area contributed by atoms with Crippen LogP contribution in [0.1, 0.15) is 20.2 Å². The number of nitrogens with zero attached hydrogens (tertiary/aromatic N) is 1. The van der Waals surface area contributed by atoms with Crippen molar-refractivity contribution in [2.75, 3.05) is 26.1 Å². The molecule has 0 aliphatic heterocycles. The number of nitrogens with one attached hydrogen (secondary N) is 2. The lowest BCUT2D eigenvalue weighted by atomic mass is 10.2. The van der Waals surface area contributed by atoms with E-state index >= 15 is 0 Å². The molecule has 0 aliphatic carbocycles. The molecule has 0 saturated carbocycles. The third-order valence-corrected chi connectivity index (χ3v) is 5.38. The Morgan fingerprint density at radius 3 is 2.71 bits per heavy atom. The lowest BCUT2D eigenvalue weighted by Crippen LogP contribution is -2.20. The number of rotatable bonds is 8. The number of hydrogen-bond donors (Lipinski definition) is 2. The summed E-state index contributed by atoms with van der Waals surface area (Å²) in [5.41, 5.74) is 1.37. The maximum atomic E-state index is 12.2. The largest absolute Gasteiger partial charge is 0.493 e. The predicted octanol–water partition coefficient (Wildman–Crippen LogP) is 4.35. The zero-order valence-corrected chi connectivity index (χ0v) is 18.4. The van der Waals surface area contributed by atoms with E-state index in [9.17, 15) is 9.59 Å². The number of aromatic nitrogens is 1. The average molecular weight is 458 g/mol. The number of thiazole rings is 1. The van der Waals surface area contributed by atoms with Gasteiger partial charge in [-0.1, -0.05) is 35.9 Å². The van der Waals surface area contributed by atoms with E-state index in [-0.39, 0.29) is 18.4 Å². The summed E-state index contributed by atoms with van der Waals surface area (Å²) in [4.78, 5) is 28.5. The molecular weight excluding hydrogens is 438 g/mol. The minimum Gasteiger partial charge on any atom is -0.493 e. The van der Waals surface area contributed by atoms with Crippen LogP contribution in [0, 0.1) is 0 Å². The van der Waals surface area contributed by atoms with Crippen LogP contribution in [0.25, 0.3) is 12.2 Å². The maximum Gasteiger partial charge on any atom is 0.262 e. The van der Waals surface area contributed by atoms with Crippen molar-refractivity contribution < 1.29 is 19.1 Å². The zero-order valence-electron chi connectivity index (χ0n) is 16.8. The van der Waals surface area contributed by atoms with Crippen LogP contribution >= 0.6 is 22.9 Å². The van der Waals surface area contributed by atoms with E-state index in [1.165, 1.54) is 24.6 Å². The van der Waals surface area contributed by atoms with Crippen molar-refractivity contribution in [2.24, 2.45) is 0 Å². The van der Waals surface area contributed by atoms with Crippen LogP contribution in [0.4, 0.5) is 5.69 Å². The Morgan fingerprint density at radius 1 is 1.16 bits per heavy atom. The summed E-state index contributed by atoms with van der Waals surface area (Å²) in [6.07, 6.45) is 5.20. The van der Waals surface area contributed by atoms with Gasteiger partial charge in [0.05, 0.1) is 24.0 Å². The molecule has 0 radical (unpaired) electrons. The first-order chi connectivity index (χ1) is 15.0. The molecule has 7 nitrogen and oxygen atoms in total. The minimum atomic E-state index is -0.338. The molecule has 9 heteroatoms. The molecule has 2 N–H and O–H groups in total. The molecule has 31 heavy (non-hydrogen) atoms. The number of methoxy groups -OCH3 is 1. The van der Waals surface area contributed by atoms with Gasteiger partial charge in [-0.3, -0.25) is 9.59 Å². The molecule has 0 atom stereocenters. The Balaban J connectivity index is 1.63. The van der Waals surface area contributed by atoms with Gasteiger partial charge in [-0.15, -0.1) is 11.3 Å². The summed E-state index contributed by atoms with van der Waals surface area (Å²) in [6.45, 7) is -0.196. The summed E-state index contributed by atoms with van der Waals surface area (Å²) < 4.78 is 11.0. The molecule has 0 saturated heterocycles. The van der Waals surface area contributed by atoms with E-state index in [1.807, 2.05) is 18.2 Å². The van der Waals surface area contributed by atoms with Crippen LogP contribution < -0.4 is 20.1 Å². The van der Waals surface area contributed by atoms with Gasteiger partial charge in [0.2, 0.25) is 0 Å². The second-order valence-corrected chi connectivity index (χ2v) is 7.67. The molecule has 160 valence electrons.